The van der Waals surface area contributed by atoms with Gasteiger partial charge in [0.2, 0.25) is 5.78 Å². The van der Waals surface area contributed by atoms with Gasteiger partial charge in [-0.15, -0.1) is 11.3 Å². The van der Waals surface area contributed by atoms with E-state index < -0.39 is 0 Å². The van der Waals surface area contributed by atoms with Crippen LogP contribution in [-0.2, 0) is 0 Å². The first kappa shape index (κ1) is 12.7. The Morgan fingerprint density at radius 2 is 1.85 bits per heavy atom. The van der Waals surface area contributed by atoms with E-state index >= 15 is 0 Å². The van der Waals surface area contributed by atoms with Gasteiger partial charge in [0.25, 0.3) is 0 Å². The third-order valence-electron chi connectivity index (χ3n) is 2.80. The number of para-hydroxylation sites is 1. The van der Waals surface area contributed by atoms with Crippen molar-refractivity contribution < 1.29 is 9.18 Å². The molecule has 0 unspecified atom stereocenters. The number of ketones is 1. The van der Waals surface area contributed by atoms with Gasteiger partial charge in [0.1, 0.15) is 5.82 Å². The third kappa shape index (κ3) is 2.65. The SMILES string of the molecule is O=C(C=Cc1ccc(F)cc1)c1nc2ccccc2s1. The van der Waals surface area contributed by atoms with Gasteiger partial charge in [-0.05, 0) is 35.9 Å². The van der Waals surface area contributed by atoms with Gasteiger partial charge in [0.15, 0.2) is 5.01 Å². The Bertz CT molecular complexity index is 757. The van der Waals surface area contributed by atoms with E-state index in [1.54, 1.807) is 18.2 Å². The summed E-state index contributed by atoms with van der Waals surface area (Å²) >= 11 is 1.37. The highest BCUT2D eigenvalue weighted by Crippen LogP contribution is 2.22. The number of carbonyl (C=O) groups is 1. The smallest absolute Gasteiger partial charge is 0.214 e. The molecule has 0 N–H and O–H groups in total. The Balaban J connectivity index is 1.83. The fraction of sp³-hybridized carbons (Fsp3) is 0. The molecule has 2 nitrogen and oxygen atoms in total. The summed E-state index contributed by atoms with van der Waals surface area (Å²) in [6.07, 6.45) is 3.12. The maximum atomic E-state index is 12.8. The number of hydrogen-bond donors (Lipinski definition) is 0. The van der Waals surface area contributed by atoms with Crippen molar-refractivity contribution in [2.24, 2.45) is 0 Å². The zero-order valence-electron chi connectivity index (χ0n) is 10.4. The molecular weight excluding hydrogens is 273 g/mol. The van der Waals surface area contributed by atoms with E-state index in [1.165, 1.54) is 29.5 Å². The van der Waals surface area contributed by atoms with Crippen LogP contribution in [0.4, 0.5) is 4.39 Å². The Morgan fingerprint density at radius 3 is 2.60 bits per heavy atom. The van der Waals surface area contributed by atoms with Crippen molar-refractivity contribution in [3.8, 4) is 0 Å². The molecule has 0 radical (unpaired) electrons. The van der Waals surface area contributed by atoms with Crippen LogP contribution < -0.4 is 0 Å². The molecule has 2 aromatic carbocycles. The summed E-state index contributed by atoms with van der Waals surface area (Å²) < 4.78 is 13.8. The molecule has 0 aliphatic rings. The number of allylic oxidation sites excluding steroid dienone is 1. The standard InChI is InChI=1S/C16H10FNOS/c17-12-8-5-11(6-9-12)7-10-14(19)16-18-13-3-1-2-4-15(13)20-16/h1-10H. The molecule has 1 aromatic heterocycles. The number of aromatic nitrogens is 1. The molecule has 0 amide bonds. The molecule has 0 bridgehead atoms. The van der Waals surface area contributed by atoms with Crippen LogP contribution in [0.2, 0.25) is 0 Å². The van der Waals surface area contributed by atoms with E-state index in [2.05, 4.69) is 4.98 Å². The molecule has 3 aromatic rings. The molecule has 0 atom stereocenters. The molecular formula is C16H10FNOS. The normalized spacial score (nSPS) is 11.2. The van der Waals surface area contributed by atoms with Gasteiger partial charge in [-0.3, -0.25) is 4.79 Å². The first-order valence-electron chi connectivity index (χ1n) is 6.06. The van der Waals surface area contributed by atoms with Crippen LogP contribution >= 0.6 is 11.3 Å². The van der Waals surface area contributed by atoms with E-state index in [-0.39, 0.29) is 11.6 Å². The van der Waals surface area contributed by atoms with Crippen molar-refractivity contribution in [3.05, 3.63) is 71.0 Å². The number of hydrogen-bond acceptors (Lipinski definition) is 3. The van der Waals surface area contributed by atoms with Gasteiger partial charge in [-0.1, -0.05) is 30.3 Å². The minimum Gasteiger partial charge on any atom is -0.287 e. The van der Waals surface area contributed by atoms with Crippen molar-refractivity contribution in [1.82, 2.24) is 4.98 Å². The predicted octanol–water partition coefficient (Wildman–Crippen LogP) is 4.33. The van der Waals surface area contributed by atoms with E-state index in [9.17, 15) is 9.18 Å². The molecule has 1 heterocycles. The zero-order chi connectivity index (χ0) is 13.9. The Morgan fingerprint density at radius 1 is 1.10 bits per heavy atom. The average Bonchev–Trinajstić information content (AvgIpc) is 2.90. The zero-order valence-corrected chi connectivity index (χ0v) is 11.2. The van der Waals surface area contributed by atoms with Crippen molar-refractivity contribution in [2.45, 2.75) is 0 Å². The molecule has 0 saturated heterocycles. The Labute approximate surface area is 119 Å². The van der Waals surface area contributed by atoms with Crippen molar-refractivity contribution in [2.75, 3.05) is 0 Å². The van der Waals surface area contributed by atoms with Gasteiger partial charge in [-0.25, -0.2) is 9.37 Å². The summed E-state index contributed by atoms with van der Waals surface area (Å²) in [7, 11) is 0. The quantitative estimate of drug-likeness (QED) is 0.529. The summed E-state index contributed by atoms with van der Waals surface area (Å²) in [6.45, 7) is 0. The fourth-order valence-electron chi connectivity index (χ4n) is 1.79. The van der Waals surface area contributed by atoms with Crippen LogP contribution in [0.5, 0.6) is 0 Å². The number of carbonyl (C=O) groups excluding carboxylic acids is 1. The van der Waals surface area contributed by atoms with Crippen LogP contribution in [0, 0.1) is 5.82 Å². The lowest BCUT2D eigenvalue weighted by molar-refractivity contribution is 0.104. The molecule has 0 saturated carbocycles. The lowest BCUT2D eigenvalue weighted by Gasteiger charge is -1.92. The predicted molar refractivity (Wildman–Crippen MR) is 79.4 cm³/mol. The topological polar surface area (TPSA) is 30.0 Å². The summed E-state index contributed by atoms with van der Waals surface area (Å²) in [6, 6.07) is 13.6. The summed E-state index contributed by atoms with van der Waals surface area (Å²) in [5, 5.41) is 0.463. The highest BCUT2D eigenvalue weighted by Gasteiger charge is 2.08. The van der Waals surface area contributed by atoms with Crippen molar-refractivity contribution in [1.29, 1.82) is 0 Å². The van der Waals surface area contributed by atoms with Gasteiger partial charge in [-0.2, -0.15) is 0 Å². The summed E-state index contributed by atoms with van der Waals surface area (Å²) in [4.78, 5) is 16.3. The first-order valence-corrected chi connectivity index (χ1v) is 6.87. The van der Waals surface area contributed by atoms with Crippen LogP contribution in [0.1, 0.15) is 15.4 Å². The number of halogens is 1. The Kier molecular flexibility index (Phi) is 3.39. The second-order valence-electron chi connectivity index (χ2n) is 4.24. The van der Waals surface area contributed by atoms with Gasteiger partial charge in [0, 0.05) is 0 Å². The molecule has 0 aliphatic carbocycles. The largest absolute Gasteiger partial charge is 0.287 e. The van der Waals surface area contributed by atoms with E-state index in [0.717, 1.165) is 15.8 Å². The first-order chi connectivity index (χ1) is 9.72. The van der Waals surface area contributed by atoms with Gasteiger partial charge in [0.05, 0.1) is 10.2 Å². The number of nitrogens with zero attached hydrogens (tertiary/aromatic N) is 1. The maximum absolute atomic E-state index is 12.8. The van der Waals surface area contributed by atoms with E-state index in [0.29, 0.717) is 5.01 Å². The second kappa shape index (κ2) is 5.35. The van der Waals surface area contributed by atoms with Crippen molar-refractivity contribution in [3.63, 3.8) is 0 Å². The molecule has 0 spiro atoms. The van der Waals surface area contributed by atoms with E-state index in [1.807, 2.05) is 24.3 Å². The van der Waals surface area contributed by atoms with Gasteiger partial charge >= 0.3 is 0 Å². The third-order valence-corrected chi connectivity index (χ3v) is 3.85. The molecule has 0 fully saturated rings. The second-order valence-corrected chi connectivity index (χ2v) is 5.27. The minimum absolute atomic E-state index is 0.143. The molecule has 4 heteroatoms. The number of rotatable bonds is 3. The summed E-state index contributed by atoms with van der Waals surface area (Å²) in [5.41, 5.74) is 1.61. The Hall–Kier alpha value is -2.33. The average molecular weight is 283 g/mol. The van der Waals surface area contributed by atoms with Crippen molar-refractivity contribution >= 4 is 33.4 Å². The van der Waals surface area contributed by atoms with E-state index in [4.69, 9.17) is 0 Å². The molecule has 98 valence electrons. The molecule has 0 aliphatic heterocycles. The highest BCUT2D eigenvalue weighted by molar-refractivity contribution is 7.20. The fourth-order valence-corrected chi connectivity index (χ4v) is 2.68. The molecule has 20 heavy (non-hydrogen) atoms. The van der Waals surface area contributed by atoms with Crippen LogP contribution in [0.3, 0.4) is 0 Å². The number of fused-ring (bicyclic) bond motifs is 1. The maximum Gasteiger partial charge on any atom is 0.214 e. The summed E-state index contributed by atoms with van der Waals surface area (Å²) in [5.74, 6) is -0.435. The lowest BCUT2D eigenvalue weighted by atomic mass is 10.2. The number of thiazole rings is 1. The monoisotopic (exact) mass is 283 g/mol. The highest BCUT2D eigenvalue weighted by atomic mass is 32.1. The van der Waals surface area contributed by atoms with Gasteiger partial charge < -0.3 is 0 Å². The van der Waals surface area contributed by atoms with Crippen LogP contribution in [0.15, 0.2) is 54.6 Å². The minimum atomic E-state index is -0.292. The van der Waals surface area contributed by atoms with Crippen LogP contribution in [-0.4, -0.2) is 10.8 Å². The number of benzene rings is 2. The molecule has 3 rings (SSSR count). The lowest BCUT2D eigenvalue weighted by Crippen LogP contribution is -1.92. The van der Waals surface area contributed by atoms with Crippen LogP contribution in [0.25, 0.3) is 16.3 Å².